The van der Waals surface area contributed by atoms with Gasteiger partial charge in [-0.15, -0.1) is 5.10 Å². The summed E-state index contributed by atoms with van der Waals surface area (Å²) in [5.41, 5.74) is 2.41. The van der Waals surface area contributed by atoms with Crippen LogP contribution in [0.5, 0.6) is 5.75 Å². The Hall–Kier alpha value is -3.67. The van der Waals surface area contributed by atoms with Crippen LogP contribution in [0.15, 0.2) is 88.9 Å². The second-order valence-corrected chi connectivity index (χ2v) is 11.4. The molecule has 1 heterocycles. The number of sulfonamides is 1. The number of nitrogens with zero attached hydrogens (tertiary/aromatic N) is 3. The number of carbonyl (C=O) groups excluding carboxylic acids is 1. The maximum Gasteiger partial charge on any atom is 0.243 e. The van der Waals surface area contributed by atoms with Crippen molar-refractivity contribution >= 4 is 27.7 Å². The van der Waals surface area contributed by atoms with E-state index in [2.05, 4.69) is 20.5 Å². The summed E-state index contributed by atoms with van der Waals surface area (Å²) in [6.45, 7) is 1.86. The molecule has 0 aliphatic carbocycles. The zero-order valence-corrected chi connectivity index (χ0v) is 22.8. The van der Waals surface area contributed by atoms with Crippen molar-refractivity contribution in [2.45, 2.75) is 23.5 Å². The monoisotopic (exact) mass is 551 g/mol. The van der Waals surface area contributed by atoms with Gasteiger partial charge in [0.25, 0.3) is 0 Å². The molecule has 11 heteroatoms. The summed E-state index contributed by atoms with van der Waals surface area (Å²) >= 11 is 1.39. The lowest BCUT2D eigenvalue weighted by atomic mass is 10.2. The van der Waals surface area contributed by atoms with Crippen LogP contribution in [-0.2, 0) is 21.4 Å². The van der Waals surface area contributed by atoms with E-state index < -0.39 is 15.9 Å². The van der Waals surface area contributed by atoms with E-state index in [9.17, 15) is 13.2 Å². The number of nitrogens with one attached hydrogen (secondary N) is 2. The van der Waals surface area contributed by atoms with Crippen molar-refractivity contribution < 1.29 is 17.9 Å². The minimum atomic E-state index is -3.95. The number of ether oxygens (including phenoxy) is 1. The molecule has 0 bridgehead atoms. The first-order valence-corrected chi connectivity index (χ1v) is 14.4. The normalized spacial score (nSPS) is 11.4. The van der Waals surface area contributed by atoms with E-state index in [1.807, 2.05) is 60.7 Å². The fourth-order valence-electron chi connectivity index (χ4n) is 3.76. The second kappa shape index (κ2) is 12.7. The third-order valence-electron chi connectivity index (χ3n) is 5.69. The molecule has 4 aromatic rings. The SMILES string of the molecule is COc1ccc(S(=O)(=O)N(CC(=O)NCCSc2n[nH]c(-c3ccccc3)n2)Cc2ccccc2)cc1C. The van der Waals surface area contributed by atoms with E-state index >= 15 is 0 Å². The number of H-pyrrole nitrogens is 1. The number of aromatic nitrogens is 3. The molecule has 0 fully saturated rings. The number of benzene rings is 3. The predicted molar refractivity (Wildman–Crippen MR) is 147 cm³/mol. The number of hydrogen-bond donors (Lipinski definition) is 2. The number of aryl methyl sites for hydroxylation is 1. The van der Waals surface area contributed by atoms with Crippen LogP contribution in [0.4, 0.5) is 0 Å². The molecule has 0 aliphatic heterocycles. The summed E-state index contributed by atoms with van der Waals surface area (Å²) in [5.74, 6) is 1.40. The molecular formula is C27H29N5O4S2. The third kappa shape index (κ3) is 7.00. The quantitative estimate of drug-likeness (QED) is 0.203. The van der Waals surface area contributed by atoms with Crippen molar-refractivity contribution in [1.82, 2.24) is 24.8 Å². The van der Waals surface area contributed by atoms with E-state index in [1.165, 1.54) is 29.2 Å². The highest BCUT2D eigenvalue weighted by atomic mass is 32.2. The van der Waals surface area contributed by atoms with Crippen molar-refractivity contribution in [2.24, 2.45) is 0 Å². The zero-order chi connectivity index (χ0) is 27.0. The van der Waals surface area contributed by atoms with Gasteiger partial charge in [0.05, 0.1) is 18.6 Å². The first-order valence-electron chi connectivity index (χ1n) is 11.9. The highest BCUT2D eigenvalue weighted by molar-refractivity contribution is 7.99. The average Bonchev–Trinajstić information content (AvgIpc) is 3.41. The van der Waals surface area contributed by atoms with Crippen molar-refractivity contribution in [1.29, 1.82) is 0 Å². The average molecular weight is 552 g/mol. The maximum absolute atomic E-state index is 13.5. The summed E-state index contributed by atoms with van der Waals surface area (Å²) in [7, 11) is -2.42. The van der Waals surface area contributed by atoms with E-state index in [1.54, 1.807) is 19.1 Å². The zero-order valence-electron chi connectivity index (χ0n) is 21.1. The van der Waals surface area contributed by atoms with Crippen LogP contribution in [0.25, 0.3) is 11.4 Å². The Labute approximate surface area is 226 Å². The summed E-state index contributed by atoms with van der Waals surface area (Å²) < 4.78 is 33.5. The van der Waals surface area contributed by atoms with Gasteiger partial charge >= 0.3 is 0 Å². The second-order valence-electron chi connectivity index (χ2n) is 8.42. The fraction of sp³-hybridized carbons (Fsp3) is 0.222. The van der Waals surface area contributed by atoms with Crippen LogP contribution in [0.2, 0.25) is 0 Å². The number of carbonyl (C=O) groups is 1. The molecule has 2 N–H and O–H groups in total. The van der Waals surface area contributed by atoms with Crippen molar-refractivity contribution in [3.05, 3.63) is 90.0 Å². The number of rotatable bonds is 12. The van der Waals surface area contributed by atoms with Gasteiger partial charge in [-0.25, -0.2) is 13.4 Å². The summed E-state index contributed by atoms with van der Waals surface area (Å²) in [4.78, 5) is 17.4. The van der Waals surface area contributed by atoms with Crippen molar-refractivity contribution in [3.8, 4) is 17.1 Å². The number of thioether (sulfide) groups is 1. The smallest absolute Gasteiger partial charge is 0.243 e. The standard InChI is InChI=1S/C27H29N5O4S2/c1-20-17-23(13-14-24(20)36-2)38(34,35)32(18-21-9-5-3-6-10-21)19-25(33)28-15-16-37-27-29-26(30-31-27)22-11-7-4-8-12-22/h3-14,17H,15-16,18-19H2,1-2H3,(H,28,33)(H,29,30,31). The number of hydrogen-bond acceptors (Lipinski definition) is 7. The number of amides is 1. The van der Waals surface area contributed by atoms with Gasteiger partial charge in [-0.1, -0.05) is 72.4 Å². The topological polar surface area (TPSA) is 117 Å². The molecule has 1 amide bonds. The van der Waals surface area contributed by atoms with Crippen LogP contribution >= 0.6 is 11.8 Å². The molecule has 0 aliphatic rings. The summed E-state index contributed by atoms with van der Waals surface area (Å²) in [6.07, 6.45) is 0. The van der Waals surface area contributed by atoms with Crippen LogP contribution in [0, 0.1) is 6.92 Å². The Morgan fingerprint density at radius 1 is 1.05 bits per heavy atom. The Kier molecular flexibility index (Phi) is 9.16. The van der Waals surface area contributed by atoms with Crippen molar-refractivity contribution in [2.75, 3.05) is 26.0 Å². The molecule has 0 unspecified atom stereocenters. The Morgan fingerprint density at radius 2 is 1.76 bits per heavy atom. The summed E-state index contributed by atoms with van der Waals surface area (Å²) in [5, 5.41) is 10.5. The number of aromatic amines is 1. The molecule has 0 atom stereocenters. The molecule has 38 heavy (non-hydrogen) atoms. The molecule has 9 nitrogen and oxygen atoms in total. The van der Waals surface area contributed by atoms with Crippen molar-refractivity contribution in [3.63, 3.8) is 0 Å². The van der Waals surface area contributed by atoms with E-state index in [-0.39, 0.29) is 18.0 Å². The highest BCUT2D eigenvalue weighted by Crippen LogP contribution is 2.25. The van der Waals surface area contributed by atoms with E-state index in [0.29, 0.717) is 34.6 Å². The van der Waals surface area contributed by atoms with Crippen LogP contribution in [-0.4, -0.2) is 59.8 Å². The van der Waals surface area contributed by atoms with Crippen LogP contribution < -0.4 is 10.1 Å². The Bertz CT molecular complexity index is 1460. The Balaban J connectivity index is 1.38. The molecule has 198 valence electrons. The van der Waals surface area contributed by atoms with Gasteiger partial charge in [-0.3, -0.25) is 9.89 Å². The van der Waals surface area contributed by atoms with Crippen LogP contribution in [0.3, 0.4) is 0 Å². The molecular weight excluding hydrogens is 522 g/mol. The van der Waals surface area contributed by atoms with E-state index in [4.69, 9.17) is 4.74 Å². The lowest BCUT2D eigenvalue weighted by Gasteiger charge is -2.22. The van der Waals surface area contributed by atoms with Gasteiger partial charge < -0.3 is 10.1 Å². The molecule has 4 rings (SSSR count). The predicted octanol–water partition coefficient (Wildman–Crippen LogP) is 3.89. The summed E-state index contributed by atoms with van der Waals surface area (Å²) in [6, 6.07) is 23.5. The minimum Gasteiger partial charge on any atom is -0.496 e. The molecule has 0 radical (unpaired) electrons. The maximum atomic E-state index is 13.5. The Morgan fingerprint density at radius 3 is 2.45 bits per heavy atom. The van der Waals surface area contributed by atoms with Gasteiger partial charge in [0.15, 0.2) is 5.82 Å². The van der Waals surface area contributed by atoms with Gasteiger partial charge in [0.1, 0.15) is 5.75 Å². The molecule has 0 saturated heterocycles. The van der Waals surface area contributed by atoms with Gasteiger partial charge in [0, 0.05) is 24.4 Å². The third-order valence-corrected chi connectivity index (χ3v) is 8.33. The van der Waals surface area contributed by atoms with Gasteiger partial charge in [0.2, 0.25) is 21.1 Å². The first-order chi connectivity index (χ1) is 18.4. The molecule has 0 spiro atoms. The highest BCUT2D eigenvalue weighted by Gasteiger charge is 2.27. The fourth-order valence-corrected chi connectivity index (χ4v) is 5.88. The minimum absolute atomic E-state index is 0.0654. The van der Waals surface area contributed by atoms with Crippen LogP contribution in [0.1, 0.15) is 11.1 Å². The largest absolute Gasteiger partial charge is 0.496 e. The lowest BCUT2D eigenvalue weighted by molar-refractivity contribution is -0.121. The molecule has 0 saturated carbocycles. The molecule has 1 aromatic heterocycles. The van der Waals surface area contributed by atoms with E-state index in [0.717, 1.165) is 11.1 Å². The van der Waals surface area contributed by atoms with Gasteiger partial charge in [-0.2, -0.15) is 4.31 Å². The molecule has 3 aromatic carbocycles. The van der Waals surface area contributed by atoms with Gasteiger partial charge in [-0.05, 0) is 36.2 Å². The lowest BCUT2D eigenvalue weighted by Crippen LogP contribution is -2.41. The first kappa shape index (κ1) is 27.4. The number of methoxy groups -OCH3 is 1.